The van der Waals surface area contributed by atoms with Gasteiger partial charge in [0.2, 0.25) is 0 Å². The van der Waals surface area contributed by atoms with Crippen LogP contribution < -0.4 is 5.32 Å². The first-order valence-electron chi connectivity index (χ1n) is 6.52. The lowest BCUT2D eigenvalue weighted by molar-refractivity contribution is 0.0528. The molecule has 6 nitrogen and oxygen atoms in total. The van der Waals surface area contributed by atoms with Gasteiger partial charge in [-0.2, -0.15) is 0 Å². The molecule has 2 aromatic heterocycles. The Bertz CT molecular complexity index is 640. The molecule has 0 fully saturated rings. The van der Waals surface area contributed by atoms with Gasteiger partial charge in [-0.1, -0.05) is 6.92 Å². The monoisotopic (exact) mass is 305 g/mol. The lowest BCUT2D eigenvalue weighted by Gasteiger charge is -2.05. The molecular weight excluding hydrogens is 290 g/mol. The van der Waals surface area contributed by atoms with Crippen molar-refractivity contribution in [2.75, 3.05) is 11.9 Å². The smallest absolute Gasteiger partial charge is 0.341 e. The van der Waals surface area contributed by atoms with E-state index in [0.29, 0.717) is 10.6 Å². The lowest BCUT2D eigenvalue weighted by atomic mass is 10.2. The summed E-state index contributed by atoms with van der Waals surface area (Å²) < 4.78 is 5.00. The van der Waals surface area contributed by atoms with Crippen molar-refractivity contribution in [2.24, 2.45) is 0 Å². The third kappa shape index (κ3) is 3.63. The fraction of sp³-hybridized carbons (Fsp3) is 0.286. The predicted molar refractivity (Wildman–Crippen MR) is 79.6 cm³/mol. The molecule has 2 rings (SSSR count). The highest BCUT2D eigenvalue weighted by atomic mass is 32.1. The average molecular weight is 305 g/mol. The zero-order chi connectivity index (χ0) is 15.2. The molecule has 0 spiro atoms. The largest absolute Gasteiger partial charge is 0.462 e. The van der Waals surface area contributed by atoms with E-state index in [1.807, 2.05) is 6.92 Å². The standard InChI is InChI=1S/C14H15N3O3S/c1-3-9-7-10(14(19)20-4-2)13(21-9)17-12(18)11-8-15-5-6-16-11/h5-8H,3-4H2,1-2H3,(H,17,18). The van der Waals surface area contributed by atoms with E-state index in [4.69, 9.17) is 4.74 Å². The number of aromatic nitrogens is 2. The van der Waals surface area contributed by atoms with Gasteiger partial charge in [0.1, 0.15) is 10.7 Å². The normalized spacial score (nSPS) is 10.2. The number of esters is 1. The van der Waals surface area contributed by atoms with Gasteiger partial charge in [-0.05, 0) is 19.4 Å². The number of carbonyl (C=O) groups excluding carboxylic acids is 2. The molecule has 110 valence electrons. The average Bonchev–Trinajstić information content (AvgIpc) is 2.91. The highest BCUT2D eigenvalue weighted by molar-refractivity contribution is 7.16. The molecule has 0 atom stereocenters. The summed E-state index contributed by atoms with van der Waals surface area (Å²) in [6.45, 7) is 4.01. The van der Waals surface area contributed by atoms with Crippen molar-refractivity contribution in [3.05, 3.63) is 40.8 Å². The quantitative estimate of drug-likeness (QED) is 0.858. The topological polar surface area (TPSA) is 81.2 Å². The molecule has 0 saturated carbocycles. The Kier molecular flexibility index (Phi) is 4.99. The summed E-state index contributed by atoms with van der Waals surface area (Å²) in [7, 11) is 0. The van der Waals surface area contributed by atoms with Crippen LogP contribution in [-0.2, 0) is 11.2 Å². The third-order valence-corrected chi connectivity index (χ3v) is 3.84. The molecule has 1 N–H and O–H groups in total. The van der Waals surface area contributed by atoms with E-state index in [1.54, 1.807) is 13.0 Å². The molecule has 0 aliphatic rings. The van der Waals surface area contributed by atoms with E-state index in [2.05, 4.69) is 15.3 Å². The zero-order valence-electron chi connectivity index (χ0n) is 11.8. The van der Waals surface area contributed by atoms with Crippen molar-refractivity contribution < 1.29 is 14.3 Å². The van der Waals surface area contributed by atoms with Crippen molar-refractivity contribution in [2.45, 2.75) is 20.3 Å². The maximum atomic E-state index is 12.1. The lowest BCUT2D eigenvalue weighted by Crippen LogP contribution is -2.15. The van der Waals surface area contributed by atoms with E-state index in [0.717, 1.165) is 11.3 Å². The van der Waals surface area contributed by atoms with Crippen LogP contribution in [0.15, 0.2) is 24.7 Å². The van der Waals surface area contributed by atoms with Crippen LogP contribution >= 0.6 is 11.3 Å². The van der Waals surface area contributed by atoms with Crippen LogP contribution in [-0.4, -0.2) is 28.5 Å². The second-order valence-corrected chi connectivity index (χ2v) is 5.21. The number of nitrogens with one attached hydrogen (secondary N) is 1. The van der Waals surface area contributed by atoms with Crippen molar-refractivity contribution in [3.8, 4) is 0 Å². The minimum atomic E-state index is -0.442. The summed E-state index contributed by atoms with van der Waals surface area (Å²) >= 11 is 1.36. The Morgan fingerprint density at radius 2 is 2.14 bits per heavy atom. The Morgan fingerprint density at radius 3 is 2.76 bits per heavy atom. The van der Waals surface area contributed by atoms with Crippen molar-refractivity contribution in [3.63, 3.8) is 0 Å². The van der Waals surface area contributed by atoms with Gasteiger partial charge >= 0.3 is 5.97 Å². The molecule has 0 saturated heterocycles. The number of thiophene rings is 1. The van der Waals surface area contributed by atoms with Crippen molar-refractivity contribution in [1.82, 2.24) is 9.97 Å². The minimum absolute atomic E-state index is 0.193. The Hall–Kier alpha value is -2.28. The summed E-state index contributed by atoms with van der Waals surface area (Å²) in [6.07, 6.45) is 5.07. The van der Waals surface area contributed by atoms with Crippen LogP contribution in [0.5, 0.6) is 0 Å². The van der Waals surface area contributed by atoms with E-state index in [9.17, 15) is 9.59 Å². The van der Waals surface area contributed by atoms with Crippen LogP contribution in [0.1, 0.15) is 39.6 Å². The number of ether oxygens (including phenoxy) is 1. The van der Waals surface area contributed by atoms with Crippen LogP contribution in [0.4, 0.5) is 5.00 Å². The fourth-order valence-electron chi connectivity index (χ4n) is 1.65. The highest BCUT2D eigenvalue weighted by Gasteiger charge is 2.19. The van der Waals surface area contributed by atoms with E-state index in [-0.39, 0.29) is 12.3 Å². The summed E-state index contributed by atoms with van der Waals surface area (Å²) in [5.41, 5.74) is 0.565. The van der Waals surface area contributed by atoms with Crippen molar-refractivity contribution >= 4 is 28.2 Å². The Balaban J connectivity index is 2.24. The van der Waals surface area contributed by atoms with E-state index in [1.165, 1.54) is 29.9 Å². The summed E-state index contributed by atoms with van der Waals surface area (Å²) in [5, 5.41) is 3.17. The van der Waals surface area contributed by atoms with E-state index < -0.39 is 11.9 Å². The second-order valence-electron chi connectivity index (χ2n) is 4.07. The molecule has 7 heteroatoms. The number of nitrogens with zero attached hydrogens (tertiary/aromatic N) is 2. The molecule has 0 radical (unpaired) electrons. The SMILES string of the molecule is CCOC(=O)c1cc(CC)sc1NC(=O)c1cnccn1. The fourth-order valence-corrected chi connectivity index (χ4v) is 2.63. The molecule has 0 aliphatic heterocycles. The Morgan fingerprint density at radius 1 is 1.33 bits per heavy atom. The van der Waals surface area contributed by atoms with E-state index >= 15 is 0 Å². The van der Waals surface area contributed by atoms with Gasteiger partial charge < -0.3 is 10.1 Å². The number of rotatable bonds is 5. The number of amides is 1. The number of carbonyl (C=O) groups is 2. The Labute approximate surface area is 126 Å². The molecule has 0 aliphatic carbocycles. The molecule has 1 amide bonds. The molecule has 2 heterocycles. The minimum Gasteiger partial charge on any atom is -0.462 e. The summed E-state index contributed by atoms with van der Waals surface area (Å²) in [5.74, 6) is -0.846. The number of hydrogen-bond donors (Lipinski definition) is 1. The van der Waals surface area contributed by atoms with Gasteiger partial charge in [0, 0.05) is 17.3 Å². The molecule has 21 heavy (non-hydrogen) atoms. The molecule has 0 bridgehead atoms. The number of anilines is 1. The first kappa shape index (κ1) is 15.1. The number of hydrogen-bond acceptors (Lipinski definition) is 6. The van der Waals surface area contributed by atoms with Crippen LogP contribution in [0.25, 0.3) is 0 Å². The van der Waals surface area contributed by atoms with Gasteiger partial charge in [0.05, 0.1) is 18.4 Å². The van der Waals surface area contributed by atoms with Gasteiger partial charge in [0.25, 0.3) is 5.91 Å². The van der Waals surface area contributed by atoms with Crippen LogP contribution in [0, 0.1) is 0 Å². The molecule has 0 unspecified atom stereocenters. The predicted octanol–water partition coefficient (Wildman–Crippen LogP) is 2.53. The van der Waals surface area contributed by atoms with Crippen LogP contribution in [0.3, 0.4) is 0 Å². The molecule has 0 aromatic carbocycles. The summed E-state index contributed by atoms with van der Waals surface area (Å²) in [4.78, 5) is 32.8. The van der Waals surface area contributed by atoms with Crippen molar-refractivity contribution in [1.29, 1.82) is 0 Å². The molecule has 2 aromatic rings. The zero-order valence-corrected chi connectivity index (χ0v) is 12.6. The van der Waals surface area contributed by atoms with Gasteiger partial charge in [-0.25, -0.2) is 9.78 Å². The second kappa shape index (κ2) is 6.94. The van der Waals surface area contributed by atoms with Gasteiger partial charge in [0.15, 0.2) is 0 Å². The van der Waals surface area contributed by atoms with Gasteiger partial charge in [-0.3, -0.25) is 9.78 Å². The first-order valence-corrected chi connectivity index (χ1v) is 7.34. The molecular formula is C14H15N3O3S. The van der Waals surface area contributed by atoms with Crippen LogP contribution in [0.2, 0.25) is 0 Å². The summed E-state index contributed by atoms with van der Waals surface area (Å²) in [6, 6.07) is 1.74. The highest BCUT2D eigenvalue weighted by Crippen LogP contribution is 2.29. The maximum absolute atomic E-state index is 12.1. The van der Waals surface area contributed by atoms with Gasteiger partial charge in [-0.15, -0.1) is 11.3 Å². The third-order valence-electron chi connectivity index (χ3n) is 2.65. The number of aryl methyl sites for hydroxylation is 1. The first-order chi connectivity index (χ1) is 10.2. The maximum Gasteiger partial charge on any atom is 0.341 e.